The molecule has 1 aliphatic rings. The van der Waals surface area contributed by atoms with Crippen molar-refractivity contribution in [1.29, 1.82) is 0 Å². The van der Waals surface area contributed by atoms with Crippen LogP contribution in [0.2, 0.25) is 0 Å². The first-order valence-electron chi connectivity index (χ1n) is 6.56. The molecule has 0 amide bonds. The molecule has 20 heavy (non-hydrogen) atoms. The number of aliphatic hydroxyl groups excluding tert-OH is 1. The van der Waals surface area contributed by atoms with Gasteiger partial charge in [0, 0.05) is 13.6 Å². The molecule has 0 aliphatic carbocycles. The number of aromatic nitrogens is 4. The van der Waals surface area contributed by atoms with Crippen molar-refractivity contribution in [3.05, 3.63) is 12.0 Å². The summed E-state index contributed by atoms with van der Waals surface area (Å²) in [6, 6.07) is -0.0178. The molecule has 3 rings (SSSR count). The molecule has 0 aromatic carbocycles. The van der Waals surface area contributed by atoms with Crippen LogP contribution in [-0.2, 0) is 18.3 Å². The second kappa shape index (κ2) is 5.31. The van der Waals surface area contributed by atoms with Crippen LogP contribution in [0.5, 0.6) is 0 Å². The van der Waals surface area contributed by atoms with Gasteiger partial charge in [0.1, 0.15) is 11.6 Å². The fourth-order valence-corrected chi connectivity index (χ4v) is 2.41. The van der Waals surface area contributed by atoms with Crippen molar-refractivity contribution >= 4 is 16.9 Å². The lowest BCUT2D eigenvalue weighted by Crippen LogP contribution is -2.47. The normalized spacial score (nSPS) is 20.6. The highest BCUT2D eigenvalue weighted by Gasteiger charge is 2.23. The standard InChI is InChI=1S/C12H18N6O2/c1-17-12-9(4-14-17)11(13)15-10(16-12)5-18-2-3-20-7-8(18)6-19/h4,8,19H,2-3,5-7H2,1H3,(H2,13,15,16). The monoisotopic (exact) mass is 278 g/mol. The van der Waals surface area contributed by atoms with Crippen molar-refractivity contribution in [2.45, 2.75) is 12.6 Å². The molecule has 3 heterocycles. The summed E-state index contributed by atoms with van der Waals surface area (Å²) >= 11 is 0. The highest BCUT2D eigenvalue weighted by molar-refractivity contribution is 5.84. The fourth-order valence-electron chi connectivity index (χ4n) is 2.41. The number of hydrogen-bond donors (Lipinski definition) is 2. The van der Waals surface area contributed by atoms with E-state index in [2.05, 4.69) is 20.0 Å². The Hall–Kier alpha value is -1.77. The van der Waals surface area contributed by atoms with Crippen molar-refractivity contribution in [2.75, 3.05) is 32.1 Å². The average molecular weight is 278 g/mol. The number of hydrogen-bond acceptors (Lipinski definition) is 7. The minimum absolute atomic E-state index is 0.0178. The molecule has 0 radical (unpaired) electrons. The van der Waals surface area contributed by atoms with Crippen LogP contribution in [0, 0.1) is 0 Å². The molecule has 3 N–H and O–H groups in total. The van der Waals surface area contributed by atoms with Crippen molar-refractivity contribution < 1.29 is 9.84 Å². The summed E-state index contributed by atoms with van der Waals surface area (Å²) in [6.07, 6.45) is 1.67. The third-order valence-electron chi connectivity index (χ3n) is 3.57. The largest absolute Gasteiger partial charge is 0.395 e. The maximum absolute atomic E-state index is 9.38. The van der Waals surface area contributed by atoms with E-state index in [1.54, 1.807) is 10.9 Å². The molecule has 0 bridgehead atoms. The van der Waals surface area contributed by atoms with Crippen LogP contribution >= 0.6 is 0 Å². The summed E-state index contributed by atoms with van der Waals surface area (Å²) < 4.78 is 7.04. The van der Waals surface area contributed by atoms with Crippen molar-refractivity contribution in [1.82, 2.24) is 24.6 Å². The van der Waals surface area contributed by atoms with E-state index in [4.69, 9.17) is 10.5 Å². The zero-order valence-corrected chi connectivity index (χ0v) is 11.4. The maximum atomic E-state index is 9.38. The number of morpholine rings is 1. The van der Waals surface area contributed by atoms with Gasteiger partial charge in [0.05, 0.1) is 44.0 Å². The molecule has 108 valence electrons. The SMILES string of the molecule is Cn1ncc2c(N)nc(CN3CCOCC3CO)nc21. The molecule has 2 aromatic heterocycles. The van der Waals surface area contributed by atoms with Gasteiger partial charge in [-0.2, -0.15) is 5.10 Å². The number of nitrogen functional groups attached to an aromatic ring is 1. The lowest BCUT2D eigenvalue weighted by atomic mass is 10.2. The summed E-state index contributed by atoms with van der Waals surface area (Å²) in [4.78, 5) is 10.9. The van der Waals surface area contributed by atoms with Crippen LogP contribution in [0.3, 0.4) is 0 Å². The van der Waals surface area contributed by atoms with Gasteiger partial charge in [0.2, 0.25) is 0 Å². The maximum Gasteiger partial charge on any atom is 0.163 e. The number of aryl methyl sites for hydroxylation is 1. The van der Waals surface area contributed by atoms with E-state index in [1.165, 1.54) is 0 Å². The van der Waals surface area contributed by atoms with Gasteiger partial charge in [-0.1, -0.05) is 0 Å². The molecule has 8 nitrogen and oxygen atoms in total. The predicted molar refractivity (Wildman–Crippen MR) is 72.8 cm³/mol. The van der Waals surface area contributed by atoms with E-state index in [9.17, 15) is 5.11 Å². The average Bonchev–Trinajstić information content (AvgIpc) is 2.82. The lowest BCUT2D eigenvalue weighted by molar-refractivity contribution is -0.0322. The Labute approximate surface area is 116 Å². The van der Waals surface area contributed by atoms with Gasteiger partial charge in [0.15, 0.2) is 5.65 Å². The Kier molecular flexibility index (Phi) is 3.51. The Morgan fingerprint density at radius 3 is 3.15 bits per heavy atom. The molecular weight excluding hydrogens is 260 g/mol. The van der Waals surface area contributed by atoms with E-state index in [0.29, 0.717) is 31.4 Å². The number of nitrogens with zero attached hydrogens (tertiary/aromatic N) is 5. The summed E-state index contributed by atoms with van der Waals surface area (Å²) in [6.45, 7) is 2.53. The van der Waals surface area contributed by atoms with E-state index in [0.717, 1.165) is 17.6 Å². The summed E-state index contributed by atoms with van der Waals surface area (Å²) in [5.74, 6) is 1.07. The third kappa shape index (κ3) is 2.33. The predicted octanol–water partition coefficient (Wildman–Crippen LogP) is -0.861. The van der Waals surface area contributed by atoms with Gasteiger partial charge < -0.3 is 15.6 Å². The van der Waals surface area contributed by atoms with Crippen LogP contribution in [-0.4, -0.2) is 62.2 Å². The molecule has 1 aliphatic heterocycles. The first kappa shape index (κ1) is 13.2. The molecule has 1 unspecified atom stereocenters. The van der Waals surface area contributed by atoms with Crippen LogP contribution in [0.25, 0.3) is 11.0 Å². The van der Waals surface area contributed by atoms with Crippen molar-refractivity contribution in [2.24, 2.45) is 7.05 Å². The van der Waals surface area contributed by atoms with Gasteiger partial charge in [-0.05, 0) is 0 Å². The number of nitrogens with two attached hydrogens (primary N) is 1. The quantitative estimate of drug-likeness (QED) is 0.753. The number of ether oxygens (including phenoxy) is 1. The number of rotatable bonds is 3. The van der Waals surface area contributed by atoms with Crippen LogP contribution in [0.4, 0.5) is 5.82 Å². The first-order valence-corrected chi connectivity index (χ1v) is 6.56. The molecule has 1 saturated heterocycles. The highest BCUT2D eigenvalue weighted by atomic mass is 16.5. The smallest absolute Gasteiger partial charge is 0.163 e. The molecule has 0 spiro atoms. The molecular formula is C12H18N6O2. The van der Waals surface area contributed by atoms with Gasteiger partial charge >= 0.3 is 0 Å². The van der Waals surface area contributed by atoms with E-state index in [-0.39, 0.29) is 12.6 Å². The molecule has 1 atom stereocenters. The first-order chi connectivity index (χ1) is 9.69. The molecule has 2 aromatic rings. The molecule has 8 heteroatoms. The number of anilines is 1. The van der Waals surface area contributed by atoms with Crippen molar-refractivity contribution in [3.8, 4) is 0 Å². The second-order valence-electron chi connectivity index (χ2n) is 4.91. The number of fused-ring (bicyclic) bond motifs is 1. The summed E-state index contributed by atoms with van der Waals surface area (Å²) in [7, 11) is 1.82. The Balaban J connectivity index is 1.88. The Morgan fingerprint density at radius 2 is 2.35 bits per heavy atom. The Morgan fingerprint density at radius 1 is 1.50 bits per heavy atom. The Bertz CT molecular complexity index is 613. The topological polar surface area (TPSA) is 102 Å². The van der Waals surface area contributed by atoms with Crippen molar-refractivity contribution in [3.63, 3.8) is 0 Å². The highest BCUT2D eigenvalue weighted by Crippen LogP contribution is 2.18. The number of aliphatic hydroxyl groups is 1. The van der Waals surface area contributed by atoms with Gasteiger partial charge in [0.25, 0.3) is 0 Å². The van der Waals surface area contributed by atoms with E-state index in [1.807, 2.05) is 7.05 Å². The molecule has 0 saturated carbocycles. The van der Waals surface area contributed by atoms with Crippen LogP contribution in [0.15, 0.2) is 6.20 Å². The minimum atomic E-state index is -0.0178. The van der Waals surface area contributed by atoms with Crippen LogP contribution < -0.4 is 5.73 Å². The van der Waals surface area contributed by atoms with Gasteiger partial charge in [-0.25, -0.2) is 9.97 Å². The summed E-state index contributed by atoms with van der Waals surface area (Å²) in [5.41, 5.74) is 6.67. The van der Waals surface area contributed by atoms with E-state index >= 15 is 0 Å². The zero-order chi connectivity index (χ0) is 14.1. The second-order valence-corrected chi connectivity index (χ2v) is 4.91. The fraction of sp³-hybridized carbons (Fsp3) is 0.583. The van der Waals surface area contributed by atoms with Gasteiger partial charge in [-0.3, -0.25) is 9.58 Å². The lowest BCUT2D eigenvalue weighted by Gasteiger charge is -2.33. The molecule has 1 fully saturated rings. The zero-order valence-electron chi connectivity index (χ0n) is 11.4. The summed E-state index contributed by atoms with van der Waals surface area (Å²) in [5, 5.41) is 14.3. The van der Waals surface area contributed by atoms with Gasteiger partial charge in [-0.15, -0.1) is 0 Å². The minimum Gasteiger partial charge on any atom is -0.395 e. The van der Waals surface area contributed by atoms with Crippen LogP contribution in [0.1, 0.15) is 5.82 Å². The third-order valence-corrected chi connectivity index (χ3v) is 3.57. The van der Waals surface area contributed by atoms with E-state index < -0.39 is 0 Å².